The van der Waals surface area contributed by atoms with Gasteiger partial charge in [0.2, 0.25) is 5.91 Å². The average molecular weight is 366 g/mol. The highest BCUT2D eigenvalue weighted by Gasteiger charge is 2.31. The summed E-state index contributed by atoms with van der Waals surface area (Å²) in [5, 5.41) is 9.63. The summed E-state index contributed by atoms with van der Waals surface area (Å²) in [4.78, 5) is 33.4. The number of nitrogens with zero attached hydrogens (tertiary/aromatic N) is 4. The molecule has 0 saturated carbocycles. The highest BCUT2D eigenvalue weighted by atomic mass is 16.3. The molecule has 1 atom stereocenters. The number of hydrogen-bond donors (Lipinski definition) is 1. The molecule has 2 aliphatic heterocycles. The molecular formula is C20H22N4O3. The topological polar surface area (TPSA) is 78.7 Å². The van der Waals surface area contributed by atoms with Crippen LogP contribution in [0, 0.1) is 0 Å². The summed E-state index contributed by atoms with van der Waals surface area (Å²) in [6, 6.07) is 6.18. The summed E-state index contributed by atoms with van der Waals surface area (Å²) < 4.78 is 2.03. The minimum Gasteiger partial charge on any atom is -0.508 e. The van der Waals surface area contributed by atoms with Crippen molar-refractivity contribution in [3.05, 3.63) is 59.7 Å². The molecule has 140 valence electrons. The van der Waals surface area contributed by atoms with Gasteiger partial charge >= 0.3 is 0 Å². The number of carbonyl (C=O) groups is 2. The monoisotopic (exact) mass is 366 g/mol. The summed E-state index contributed by atoms with van der Waals surface area (Å²) in [5.41, 5.74) is 1.19. The fourth-order valence-electron chi connectivity index (χ4n) is 3.66. The Hall–Kier alpha value is -3.09. The van der Waals surface area contributed by atoms with E-state index >= 15 is 0 Å². The second-order valence-electron chi connectivity index (χ2n) is 6.96. The maximum atomic E-state index is 12.8. The van der Waals surface area contributed by atoms with Gasteiger partial charge in [-0.15, -0.1) is 0 Å². The molecule has 2 amide bonds. The van der Waals surface area contributed by atoms with Crippen LogP contribution in [0.3, 0.4) is 0 Å². The number of hydrogen-bond acceptors (Lipinski definition) is 4. The summed E-state index contributed by atoms with van der Waals surface area (Å²) in [5.74, 6) is 0.797. The number of phenolic OH excluding ortho intramolecular Hbond substituents is 1. The first-order chi connectivity index (χ1) is 13.0. The lowest BCUT2D eigenvalue weighted by Gasteiger charge is -2.33. The van der Waals surface area contributed by atoms with Crippen molar-refractivity contribution in [1.29, 1.82) is 0 Å². The first-order valence-electron chi connectivity index (χ1n) is 9.11. The molecule has 2 aromatic rings. The van der Waals surface area contributed by atoms with Gasteiger partial charge in [0.25, 0.3) is 5.91 Å². The number of amides is 2. The first-order valence-corrected chi connectivity index (χ1v) is 9.11. The predicted octanol–water partition coefficient (Wildman–Crippen LogP) is 1.75. The van der Waals surface area contributed by atoms with Crippen molar-refractivity contribution in [3.63, 3.8) is 0 Å². The third-order valence-electron chi connectivity index (χ3n) is 5.14. The molecule has 0 spiro atoms. The van der Waals surface area contributed by atoms with Gasteiger partial charge in [0.15, 0.2) is 0 Å². The summed E-state index contributed by atoms with van der Waals surface area (Å²) in [6.07, 6.45) is 6.17. The van der Waals surface area contributed by atoms with Crippen molar-refractivity contribution in [2.24, 2.45) is 0 Å². The van der Waals surface area contributed by atoms with Crippen LogP contribution in [0.1, 0.15) is 34.8 Å². The maximum absolute atomic E-state index is 12.8. The third-order valence-corrected chi connectivity index (χ3v) is 5.14. The van der Waals surface area contributed by atoms with Crippen LogP contribution in [0.5, 0.6) is 5.75 Å². The second-order valence-corrected chi connectivity index (χ2v) is 6.96. The van der Waals surface area contributed by atoms with Gasteiger partial charge in [-0.25, -0.2) is 4.98 Å². The highest BCUT2D eigenvalue weighted by Crippen LogP contribution is 2.27. The van der Waals surface area contributed by atoms with Gasteiger partial charge in [-0.05, 0) is 25.1 Å². The number of carbonyl (C=O) groups excluding carboxylic acids is 2. The van der Waals surface area contributed by atoms with E-state index in [1.807, 2.05) is 29.8 Å². The molecular weight excluding hydrogens is 344 g/mol. The number of benzene rings is 1. The number of rotatable bonds is 3. The van der Waals surface area contributed by atoms with Crippen molar-refractivity contribution in [1.82, 2.24) is 19.4 Å². The number of aromatic hydroxyl groups is 1. The molecule has 0 saturated heterocycles. The van der Waals surface area contributed by atoms with E-state index in [4.69, 9.17) is 0 Å². The number of phenols is 1. The summed E-state index contributed by atoms with van der Waals surface area (Å²) >= 11 is 0. The lowest BCUT2D eigenvalue weighted by Crippen LogP contribution is -2.41. The third kappa shape index (κ3) is 3.32. The average Bonchev–Trinajstić information content (AvgIpc) is 3.31. The molecule has 7 nitrogen and oxygen atoms in total. The molecule has 1 aromatic heterocycles. The quantitative estimate of drug-likeness (QED) is 0.840. The van der Waals surface area contributed by atoms with Gasteiger partial charge in [0.1, 0.15) is 11.6 Å². The van der Waals surface area contributed by atoms with Gasteiger partial charge < -0.3 is 19.5 Å². The van der Waals surface area contributed by atoms with Gasteiger partial charge in [-0.3, -0.25) is 9.59 Å². The van der Waals surface area contributed by atoms with E-state index in [1.54, 1.807) is 28.0 Å². The Morgan fingerprint density at radius 2 is 2.00 bits per heavy atom. The molecule has 2 aliphatic rings. The van der Waals surface area contributed by atoms with Gasteiger partial charge in [-0.2, -0.15) is 0 Å². The molecule has 1 aromatic carbocycles. The number of fused-ring (bicyclic) bond motifs is 1. The largest absolute Gasteiger partial charge is 0.508 e. The molecule has 0 unspecified atom stereocenters. The maximum Gasteiger partial charge on any atom is 0.254 e. The summed E-state index contributed by atoms with van der Waals surface area (Å²) in [7, 11) is 0. The van der Waals surface area contributed by atoms with Crippen molar-refractivity contribution < 1.29 is 14.7 Å². The summed E-state index contributed by atoms with van der Waals surface area (Å²) in [6.45, 7) is 4.46. The molecule has 0 radical (unpaired) electrons. The molecule has 3 heterocycles. The van der Waals surface area contributed by atoms with Crippen LogP contribution in [0.2, 0.25) is 0 Å². The van der Waals surface area contributed by atoms with E-state index in [9.17, 15) is 14.7 Å². The number of aromatic nitrogens is 2. The number of imidazole rings is 1. The zero-order valence-electron chi connectivity index (χ0n) is 15.2. The molecule has 1 N–H and O–H groups in total. The highest BCUT2D eigenvalue weighted by molar-refractivity contribution is 5.94. The second kappa shape index (κ2) is 6.90. The SMILES string of the molecule is C[C@@H]1c2nc(CC(=O)N3CC=CC3)cn2CCN1C(=O)c1cccc(O)c1. The van der Waals surface area contributed by atoms with Gasteiger partial charge in [0.05, 0.1) is 18.2 Å². The van der Waals surface area contributed by atoms with Crippen molar-refractivity contribution in [3.8, 4) is 5.75 Å². The first kappa shape index (κ1) is 17.3. The van der Waals surface area contributed by atoms with Crippen LogP contribution in [0.15, 0.2) is 42.6 Å². The Kier molecular flexibility index (Phi) is 4.43. The Morgan fingerprint density at radius 1 is 1.22 bits per heavy atom. The fourth-order valence-corrected chi connectivity index (χ4v) is 3.66. The predicted molar refractivity (Wildman–Crippen MR) is 99.2 cm³/mol. The standard InChI is InChI=1S/C20H22N4O3/c1-14-19-21-16(12-18(26)22-7-2-3-8-22)13-23(19)9-10-24(14)20(27)15-5-4-6-17(25)11-15/h2-6,11,13-14,25H,7-10,12H2,1H3/t14-/m1/s1. The normalized spacial score (nSPS) is 18.6. The van der Waals surface area contributed by atoms with Crippen LogP contribution >= 0.6 is 0 Å². The van der Waals surface area contributed by atoms with Crippen molar-refractivity contribution >= 4 is 11.8 Å². The van der Waals surface area contributed by atoms with Crippen molar-refractivity contribution in [2.75, 3.05) is 19.6 Å². The van der Waals surface area contributed by atoms with E-state index in [0.29, 0.717) is 31.7 Å². The minimum absolute atomic E-state index is 0.0655. The molecule has 4 rings (SSSR count). The zero-order valence-corrected chi connectivity index (χ0v) is 15.2. The molecule has 7 heteroatoms. The van der Waals surface area contributed by atoms with Crippen LogP contribution < -0.4 is 0 Å². The van der Waals surface area contributed by atoms with Crippen LogP contribution in [-0.2, 0) is 17.8 Å². The van der Waals surface area contributed by atoms with E-state index in [0.717, 1.165) is 11.5 Å². The molecule has 0 bridgehead atoms. The Bertz CT molecular complexity index is 910. The van der Waals surface area contributed by atoms with E-state index in [2.05, 4.69) is 4.98 Å². The minimum atomic E-state index is -0.203. The lowest BCUT2D eigenvalue weighted by atomic mass is 10.1. The van der Waals surface area contributed by atoms with Crippen molar-refractivity contribution in [2.45, 2.75) is 25.9 Å². The molecule has 0 fully saturated rings. The van der Waals surface area contributed by atoms with Crippen LogP contribution in [-0.4, -0.2) is 55.9 Å². The smallest absolute Gasteiger partial charge is 0.254 e. The zero-order chi connectivity index (χ0) is 19.0. The van der Waals surface area contributed by atoms with Crippen LogP contribution in [0.4, 0.5) is 0 Å². The Balaban J connectivity index is 1.50. The van der Waals surface area contributed by atoms with E-state index in [1.165, 1.54) is 6.07 Å². The fraction of sp³-hybridized carbons (Fsp3) is 0.350. The van der Waals surface area contributed by atoms with Gasteiger partial charge in [0, 0.05) is 37.9 Å². The Labute approximate surface area is 157 Å². The lowest BCUT2D eigenvalue weighted by molar-refractivity contribution is -0.129. The van der Waals surface area contributed by atoms with Gasteiger partial charge in [-0.1, -0.05) is 18.2 Å². The molecule has 27 heavy (non-hydrogen) atoms. The van der Waals surface area contributed by atoms with Crippen LogP contribution in [0.25, 0.3) is 0 Å². The van der Waals surface area contributed by atoms with E-state index in [-0.39, 0.29) is 30.0 Å². The Morgan fingerprint density at radius 3 is 2.74 bits per heavy atom. The van der Waals surface area contributed by atoms with E-state index < -0.39 is 0 Å². The molecule has 0 aliphatic carbocycles.